The van der Waals surface area contributed by atoms with Crippen molar-refractivity contribution in [3.63, 3.8) is 0 Å². The second-order valence-electron chi connectivity index (χ2n) is 3.61. The highest BCUT2D eigenvalue weighted by atomic mass is 16.5. The van der Waals surface area contributed by atoms with E-state index in [2.05, 4.69) is 20.3 Å². The Balaban J connectivity index is 2.31. The van der Waals surface area contributed by atoms with Crippen LogP contribution in [0.15, 0.2) is 23.4 Å². The van der Waals surface area contributed by atoms with E-state index in [1.165, 1.54) is 12.3 Å². The normalized spacial score (nSPS) is 9.74. The molecule has 0 aliphatic heterocycles. The van der Waals surface area contributed by atoms with Crippen LogP contribution in [0.5, 0.6) is 0 Å². The minimum atomic E-state index is -0.248. The molecule has 0 radical (unpaired) electrons. The predicted octanol–water partition coefficient (Wildman–Crippen LogP) is 1.12. The third-order valence-corrected chi connectivity index (χ3v) is 2.18. The van der Waals surface area contributed by atoms with Gasteiger partial charge in [0.2, 0.25) is 0 Å². The van der Waals surface area contributed by atoms with Crippen LogP contribution in [0.3, 0.4) is 0 Å². The number of pyridine rings is 1. The van der Waals surface area contributed by atoms with Crippen LogP contribution in [0.2, 0.25) is 0 Å². The Kier molecular flexibility index (Phi) is 6.96. The molecule has 102 valence electrons. The van der Waals surface area contributed by atoms with Crippen LogP contribution in [-0.4, -0.2) is 37.2 Å². The molecule has 0 saturated heterocycles. The topological polar surface area (TPSA) is 126 Å². The first-order valence-electron chi connectivity index (χ1n) is 5.85. The molecular formula is C11H16N6O2. The van der Waals surface area contributed by atoms with Crippen molar-refractivity contribution in [2.75, 3.05) is 26.3 Å². The highest BCUT2D eigenvalue weighted by Gasteiger charge is 2.04. The number of nitrogens with one attached hydrogen (secondary N) is 1. The number of amides is 1. The van der Waals surface area contributed by atoms with Gasteiger partial charge in [-0.25, -0.2) is 0 Å². The summed E-state index contributed by atoms with van der Waals surface area (Å²) in [6.45, 7) is 2.04. The van der Waals surface area contributed by atoms with Gasteiger partial charge in [0, 0.05) is 24.3 Å². The maximum absolute atomic E-state index is 11.7. The molecule has 3 N–H and O–H groups in total. The molecule has 0 saturated carbocycles. The molecule has 1 heterocycles. The Labute approximate surface area is 110 Å². The summed E-state index contributed by atoms with van der Waals surface area (Å²) in [6.07, 6.45) is 2.16. The van der Waals surface area contributed by atoms with Crippen LogP contribution in [-0.2, 0) is 4.74 Å². The fourth-order valence-corrected chi connectivity index (χ4v) is 1.25. The number of carbonyl (C=O) groups excluding carboxylic acids is 1. The molecule has 8 nitrogen and oxygen atoms in total. The van der Waals surface area contributed by atoms with Gasteiger partial charge in [-0.2, -0.15) is 0 Å². The van der Waals surface area contributed by atoms with E-state index in [0.717, 1.165) is 6.42 Å². The van der Waals surface area contributed by atoms with Crippen molar-refractivity contribution in [1.82, 2.24) is 10.3 Å². The van der Waals surface area contributed by atoms with Gasteiger partial charge >= 0.3 is 0 Å². The third kappa shape index (κ3) is 5.82. The molecule has 0 bridgehead atoms. The number of azide groups is 1. The summed E-state index contributed by atoms with van der Waals surface area (Å²) >= 11 is 0. The van der Waals surface area contributed by atoms with E-state index in [4.69, 9.17) is 16.0 Å². The highest BCUT2D eigenvalue weighted by molar-refractivity contribution is 5.93. The number of hydrogen-bond acceptors (Lipinski definition) is 5. The van der Waals surface area contributed by atoms with E-state index in [1.807, 2.05) is 0 Å². The zero-order valence-corrected chi connectivity index (χ0v) is 10.5. The average molecular weight is 264 g/mol. The van der Waals surface area contributed by atoms with Gasteiger partial charge in [-0.3, -0.25) is 9.78 Å². The van der Waals surface area contributed by atoms with E-state index < -0.39 is 0 Å². The Morgan fingerprint density at radius 1 is 1.53 bits per heavy atom. The first-order chi connectivity index (χ1) is 9.27. The Bertz CT molecular complexity index is 441. The van der Waals surface area contributed by atoms with E-state index in [1.54, 1.807) is 6.07 Å². The molecule has 8 heteroatoms. The average Bonchev–Trinajstić information content (AvgIpc) is 2.43. The fourth-order valence-electron chi connectivity index (χ4n) is 1.25. The highest BCUT2D eigenvalue weighted by Crippen LogP contribution is 2.08. The van der Waals surface area contributed by atoms with Gasteiger partial charge in [-0.05, 0) is 35.7 Å². The Hall–Kier alpha value is -2.15. The Morgan fingerprint density at radius 2 is 2.37 bits per heavy atom. The van der Waals surface area contributed by atoms with Crippen molar-refractivity contribution in [2.45, 2.75) is 6.42 Å². The lowest BCUT2D eigenvalue weighted by Gasteiger charge is -2.06. The number of nitrogens with two attached hydrogens (primary N) is 1. The van der Waals surface area contributed by atoms with Crippen LogP contribution in [0.25, 0.3) is 10.4 Å². The van der Waals surface area contributed by atoms with Crippen molar-refractivity contribution in [3.8, 4) is 0 Å². The molecule has 1 rings (SSSR count). The van der Waals surface area contributed by atoms with Gasteiger partial charge in [-0.1, -0.05) is 0 Å². The molecule has 0 aromatic carbocycles. The summed E-state index contributed by atoms with van der Waals surface area (Å²) in [4.78, 5) is 18.1. The van der Waals surface area contributed by atoms with Gasteiger partial charge in [-0.15, -0.1) is 0 Å². The molecular weight excluding hydrogens is 248 g/mol. The molecule has 0 fully saturated rings. The van der Waals surface area contributed by atoms with Crippen LogP contribution in [0.1, 0.15) is 16.8 Å². The smallest absolute Gasteiger partial charge is 0.252 e. The van der Waals surface area contributed by atoms with Gasteiger partial charge in [0.15, 0.2) is 0 Å². The van der Waals surface area contributed by atoms with Gasteiger partial charge in [0.05, 0.1) is 12.2 Å². The zero-order valence-electron chi connectivity index (χ0n) is 10.5. The molecule has 0 unspecified atom stereocenters. The van der Waals surface area contributed by atoms with Crippen molar-refractivity contribution >= 4 is 11.7 Å². The first kappa shape index (κ1) is 14.9. The number of aromatic nitrogens is 1. The largest absolute Gasteiger partial charge is 0.380 e. The van der Waals surface area contributed by atoms with Gasteiger partial charge < -0.3 is 15.8 Å². The number of carbonyl (C=O) groups is 1. The van der Waals surface area contributed by atoms with Crippen LogP contribution in [0.4, 0.5) is 5.82 Å². The monoisotopic (exact) mass is 264 g/mol. The quantitative estimate of drug-likeness (QED) is 0.315. The summed E-state index contributed by atoms with van der Waals surface area (Å²) in [5, 5.41) is 6.01. The van der Waals surface area contributed by atoms with E-state index >= 15 is 0 Å². The lowest BCUT2D eigenvalue weighted by molar-refractivity contribution is 0.0914. The molecule has 0 aliphatic rings. The van der Waals surface area contributed by atoms with Crippen LogP contribution < -0.4 is 11.1 Å². The third-order valence-electron chi connectivity index (χ3n) is 2.18. The number of ether oxygens (including phenoxy) is 1. The Morgan fingerprint density at radius 3 is 3.00 bits per heavy atom. The molecule has 1 aromatic heterocycles. The maximum atomic E-state index is 11.7. The first-order valence-corrected chi connectivity index (χ1v) is 5.85. The maximum Gasteiger partial charge on any atom is 0.252 e. The standard InChI is InChI=1S/C11H16N6O2/c12-4-1-6-19-7-5-14-11(18)9-2-3-10(15-8-9)16-17-13/h2-3,8H,1,4-7,12H2,(H,14,18). The molecule has 1 aromatic rings. The second kappa shape index (κ2) is 8.87. The lowest BCUT2D eigenvalue weighted by Crippen LogP contribution is -2.27. The van der Waals surface area contributed by atoms with E-state index in [-0.39, 0.29) is 11.7 Å². The van der Waals surface area contributed by atoms with Crippen molar-refractivity contribution in [2.24, 2.45) is 10.8 Å². The van der Waals surface area contributed by atoms with E-state index in [9.17, 15) is 4.79 Å². The summed E-state index contributed by atoms with van der Waals surface area (Å²) in [5.41, 5.74) is 13.9. The van der Waals surface area contributed by atoms with Crippen molar-refractivity contribution in [1.29, 1.82) is 0 Å². The molecule has 0 atom stereocenters. The zero-order chi connectivity index (χ0) is 13.9. The van der Waals surface area contributed by atoms with Crippen molar-refractivity contribution < 1.29 is 9.53 Å². The fraction of sp³-hybridized carbons (Fsp3) is 0.455. The number of nitrogens with zero attached hydrogens (tertiary/aromatic N) is 4. The minimum Gasteiger partial charge on any atom is -0.380 e. The second-order valence-corrected chi connectivity index (χ2v) is 3.61. The number of hydrogen-bond donors (Lipinski definition) is 2. The summed E-state index contributed by atoms with van der Waals surface area (Å²) in [5.74, 6) is -0.0217. The van der Waals surface area contributed by atoms with Crippen LogP contribution in [0, 0.1) is 0 Å². The lowest BCUT2D eigenvalue weighted by atomic mass is 10.2. The molecule has 1 amide bonds. The predicted molar refractivity (Wildman–Crippen MR) is 69.9 cm³/mol. The molecule has 19 heavy (non-hydrogen) atoms. The molecule has 0 spiro atoms. The minimum absolute atomic E-state index is 0.226. The SMILES string of the molecule is [N-]=[N+]=Nc1ccc(C(=O)NCCOCCCN)cn1. The molecule has 0 aliphatic carbocycles. The number of rotatable bonds is 8. The van der Waals surface area contributed by atoms with Crippen molar-refractivity contribution in [3.05, 3.63) is 34.3 Å². The van der Waals surface area contributed by atoms with Crippen LogP contribution >= 0.6 is 0 Å². The van der Waals surface area contributed by atoms with E-state index in [0.29, 0.717) is 31.9 Å². The summed E-state index contributed by atoms with van der Waals surface area (Å²) in [7, 11) is 0. The summed E-state index contributed by atoms with van der Waals surface area (Å²) < 4.78 is 5.25. The van der Waals surface area contributed by atoms with Gasteiger partial charge in [0.1, 0.15) is 5.82 Å². The summed E-state index contributed by atoms with van der Waals surface area (Å²) in [6, 6.07) is 3.02. The van der Waals surface area contributed by atoms with Gasteiger partial charge in [0.25, 0.3) is 5.91 Å².